The Labute approximate surface area is 116 Å². The van der Waals surface area contributed by atoms with Crippen LogP contribution < -0.4 is 16.0 Å². The van der Waals surface area contributed by atoms with Gasteiger partial charge in [-0.25, -0.2) is 4.79 Å². The molecule has 8 heteroatoms. The van der Waals surface area contributed by atoms with Crippen LogP contribution in [0, 0.1) is 0 Å². The number of hydrogen-bond donors (Lipinski definition) is 4. The van der Waals surface area contributed by atoms with Crippen LogP contribution in [-0.2, 0) is 14.4 Å². The molecular formula is C11H21N3O4S. The molecule has 1 atom stereocenters. The molecule has 19 heavy (non-hydrogen) atoms. The normalized spacial score (nSPS) is 11.7. The summed E-state index contributed by atoms with van der Waals surface area (Å²) in [6.07, 6.45) is 0.271. The summed E-state index contributed by atoms with van der Waals surface area (Å²) in [5, 5.41) is 16.4. The van der Waals surface area contributed by atoms with Crippen molar-refractivity contribution in [3.8, 4) is 0 Å². The molecule has 0 bridgehead atoms. The van der Waals surface area contributed by atoms with Gasteiger partial charge in [0.1, 0.15) is 6.04 Å². The molecule has 0 aliphatic carbocycles. The highest BCUT2D eigenvalue weighted by atomic mass is 32.2. The van der Waals surface area contributed by atoms with E-state index < -0.39 is 12.0 Å². The molecular weight excluding hydrogens is 270 g/mol. The molecule has 0 aliphatic heterocycles. The van der Waals surface area contributed by atoms with Crippen LogP contribution in [0.1, 0.15) is 13.3 Å². The van der Waals surface area contributed by atoms with Crippen molar-refractivity contribution in [2.24, 2.45) is 0 Å². The molecule has 0 heterocycles. The lowest BCUT2D eigenvalue weighted by molar-refractivity contribution is -0.141. The number of nitrogens with one attached hydrogen (secondary N) is 3. The number of likely N-dealkylation sites (N-methyl/N-ethyl adjacent to an activating group) is 1. The minimum absolute atomic E-state index is 0.105. The van der Waals surface area contributed by atoms with E-state index in [0.29, 0.717) is 5.75 Å². The molecule has 4 N–H and O–H groups in total. The summed E-state index contributed by atoms with van der Waals surface area (Å²) in [5.41, 5.74) is 0. The van der Waals surface area contributed by atoms with E-state index in [-0.39, 0.29) is 31.3 Å². The van der Waals surface area contributed by atoms with Crippen LogP contribution in [0.25, 0.3) is 0 Å². The van der Waals surface area contributed by atoms with E-state index in [4.69, 9.17) is 5.11 Å². The van der Waals surface area contributed by atoms with E-state index >= 15 is 0 Å². The van der Waals surface area contributed by atoms with Gasteiger partial charge in [0, 0.05) is 18.7 Å². The lowest BCUT2D eigenvalue weighted by Gasteiger charge is -2.15. The SMILES string of the molecule is CCSCCC(=O)N[C@H](CNC(=O)CNC)C(=O)O. The summed E-state index contributed by atoms with van der Waals surface area (Å²) in [5.74, 6) is -0.238. The summed E-state index contributed by atoms with van der Waals surface area (Å²) in [4.78, 5) is 33.6. The minimum Gasteiger partial charge on any atom is -0.480 e. The Morgan fingerprint density at radius 2 is 1.95 bits per heavy atom. The number of aliphatic carboxylic acids is 1. The number of hydrogen-bond acceptors (Lipinski definition) is 5. The van der Waals surface area contributed by atoms with Crippen molar-refractivity contribution < 1.29 is 19.5 Å². The van der Waals surface area contributed by atoms with Gasteiger partial charge in [-0.2, -0.15) is 11.8 Å². The van der Waals surface area contributed by atoms with Crippen molar-refractivity contribution in [3.63, 3.8) is 0 Å². The van der Waals surface area contributed by atoms with Crippen molar-refractivity contribution in [2.45, 2.75) is 19.4 Å². The van der Waals surface area contributed by atoms with Crippen LogP contribution >= 0.6 is 11.8 Å². The molecule has 0 aliphatic rings. The highest BCUT2D eigenvalue weighted by molar-refractivity contribution is 7.99. The fourth-order valence-corrected chi connectivity index (χ4v) is 1.83. The van der Waals surface area contributed by atoms with Gasteiger partial charge >= 0.3 is 5.97 Å². The first-order chi connectivity index (χ1) is 9.01. The number of thioether (sulfide) groups is 1. The van der Waals surface area contributed by atoms with Gasteiger partial charge in [-0.1, -0.05) is 6.92 Å². The van der Waals surface area contributed by atoms with Crippen molar-refractivity contribution in [3.05, 3.63) is 0 Å². The van der Waals surface area contributed by atoms with Gasteiger partial charge in [0.05, 0.1) is 6.54 Å². The van der Waals surface area contributed by atoms with Crippen LogP contribution in [0.2, 0.25) is 0 Å². The van der Waals surface area contributed by atoms with E-state index in [1.807, 2.05) is 6.92 Å². The molecule has 2 amide bonds. The molecule has 7 nitrogen and oxygen atoms in total. The summed E-state index contributed by atoms with van der Waals surface area (Å²) < 4.78 is 0. The maximum atomic E-state index is 11.5. The Hall–Kier alpha value is -1.28. The number of amides is 2. The maximum absolute atomic E-state index is 11.5. The Morgan fingerprint density at radius 3 is 2.47 bits per heavy atom. The van der Waals surface area contributed by atoms with Crippen LogP contribution in [-0.4, -0.2) is 60.6 Å². The predicted octanol–water partition coefficient (Wildman–Crippen LogP) is -0.965. The van der Waals surface area contributed by atoms with Crippen LogP contribution in [0.5, 0.6) is 0 Å². The van der Waals surface area contributed by atoms with Gasteiger partial charge in [0.25, 0.3) is 0 Å². The molecule has 110 valence electrons. The summed E-state index contributed by atoms with van der Waals surface area (Å²) >= 11 is 1.61. The first kappa shape index (κ1) is 17.7. The zero-order valence-electron chi connectivity index (χ0n) is 11.2. The zero-order valence-corrected chi connectivity index (χ0v) is 12.0. The van der Waals surface area contributed by atoms with Crippen LogP contribution in [0.4, 0.5) is 0 Å². The first-order valence-corrected chi connectivity index (χ1v) is 7.17. The quantitative estimate of drug-likeness (QED) is 0.386. The molecule has 0 unspecified atom stereocenters. The second-order valence-electron chi connectivity index (χ2n) is 3.74. The third-order valence-corrected chi connectivity index (χ3v) is 3.05. The predicted molar refractivity (Wildman–Crippen MR) is 74.1 cm³/mol. The van der Waals surface area contributed by atoms with E-state index in [0.717, 1.165) is 5.75 Å². The minimum atomic E-state index is -1.17. The van der Waals surface area contributed by atoms with E-state index in [9.17, 15) is 14.4 Å². The molecule has 0 aromatic heterocycles. The van der Waals surface area contributed by atoms with Gasteiger partial charge in [-0.15, -0.1) is 0 Å². The summed E-state index contributed by atoms with van der Waals surface area (Å²) in [6.45, 7) is 1.97. The lowest BCUT2D eigenvalue weighted by Crippen LogP contribution is -2.49. The summed E-state index contributed by atoms with van der Waals surface area (Å²) in [7, 11) is 1.61. The average Bonchev–Trinajstić information content (AvgIpc) is 2.34. The fourth-order valence-electron chi connectivity index (χ4n) is 1.21. The second-order valence-corrected chi connectivity index (χ2v) is 5.13. The van der Waals surface area contributed by atoms with Gasteiger partial charge in [-0.3, -0.25) is 9.59 Å². The zero-order chi connectivity index (χ0) is 14.7. The molecule has 0 rings (SSSR count). The molecule has 0 fully saturated rings. The smallest absolute Gasteiger partial charge is 0.328 e. The Bertz CT molecular complexity index is 312. The number of carboxylic acids is 1. The average molecular weight is 291 g/mol. The number of carbonyl (C=O) groups is 3. The van der Waals surface area contributed by atoms with Crippen LogP contribution in [0.3, 0.4) is 0 Å². The Morgan fingerprint density at radius 1 is 1.26 bits per heavy atom. The van der Waals surface area contributed by atoms with Crippen LogP contribution in [0.15, 0.2) is 0 Å². The molecule has 0 saturated heterocycles. The highest BCUT2D eigenvalue weighted by Crippen LogP contribution is 2.00. The van der Waals surface area contributed by atoms with E-state index in [2.05, 4.69) is 16.0 Å². The number of rotatable bonds is 10. The van der Waals surface area contributed by atoms with Crippen molar-refractivity contribution in [1.82, 2.24) is 16.0 Å². The van der Waals surface area contributed by atoms with Gasteiger partial charge in [-0.05, 0) is 12.8 Å². The molecule has 0 aromatic rings. The number of carbonyl (C=O) groups excluding carboxylic acids is 2. The molecule has 0 aromatic carbocycles. The second kappa shape index (κ2) is 10.6. The number of carboxylic acid groups (broad SMARTS) is 1. The largest absolute Gasteiger partial charge is 0.480 e. The maximum Gasteiger partial charge on any atom is 0.328 e. The van der Waals surface area contributed by atoms with E-state index in [1.165, 1.54) is 0 Å². The van der Waals surface area contributed by atoms with Crippen molar-refractivity contribution in [1.29, 1.82) is 0 Å². The third kappa shape index (κ3) is 9.32. The van der Waals surface area contributed by atoms with Gasteiger partial charge < -0.3 is 21.1 Å². The van der Waals surface area contributed by atoms with Crippen molar-refractivity contribution >= 4 is 29.5 Å². The first-order valence-electron chi connectivity index (χ1n) is 6.02. The Kier molecular flexibility index (Phi) is 9.91. The molecule has 0 radical (unpaired) electrons. The van der Waals surface area contributed by atoms with Crippen molar-refractivity contribution in [2.75, 3.05) is 31.6 Å². The molecule has 0 spiro atoms. The standard InChI is InChI=1S/C11H21N3O4S/c1-3-19-5-4-9(15)14-8(11(17)18)6-13-10(16)7-12-2/h8,12H,3-7H2,1-2H3,(H,13,16)(H,14,15)(H,17,18)/t8-/m1/s1. The van der Waals surface area contributed by atoms with Gasteiger partial charge in [0.2, 0.25) is 11.8 Å². The van der Waals surface area contributed by atoms with E-state index in [1.54, 1.807) is 18.8 Å². The monoisotopic (exact) mass is 291 g/mol. The highest BCUT2D eigenvalue weighted by Gasteiger charge is 2.20. The van der Waals surface area contributed by atoms with Gasteiger partial charge in [0.15, 0.2) is 0 Å². The Balaban J connectivity index is 4.08. The summed E-state index contributed by atoms with van der Waals surface area (Å²) in [6, 6.07) is -1.10. The lowest BCUT2D eigenvalue weighted by atomic mass is 10.2. The third-order valence-electron chi connectivity index (χ3n) is 2.15. The fraction of sp³-hybridized carbons (Fsp3) is 0.727. The molecule has 0 saturated carbocycles. The topological polar surface area (TPSA) is 108 Å².